The van der Waals surface area contributed by atoms with Crippen molar-refractivity contribution in [2.24, 2.45) is 0 Å². The van der Waals surface area contributed by atoms with E-state index in [1.807, 2.05) is 0 Å². The van der Waals surface area contributed by atoms with Crippen molar-refractivity contribution in [1.29, 1.82) is 0 Å². The number of amides is 1. The van der Waals surface area contributed by atoms with Crippen LogP contribution in [0, 0.1) is 0 Å². The Morgan fingerprint density at radius 1 is 1.24 bits per heavy atom. The molecule has 0 bridgehead atoms. The van der Waals surface area contributed by atoms with Crippen molar-refractivity contribution in [2.75, 3.05) is 6.61 Å². The highest BCUT2D eigenvalue weighted by atomic mass is 19.3. The second-order valence-corrected chi connectivity index (χ2v) is 3.92. The van der Waals surface area contributed by atoms with Gasteiger partial charge < -0.3 is 9.47 Å². The van der Waals surface area contributed by atoms with Gasteiger partial charge in [0.05, 0.1) is 6.61 Å². The molecule has 0 aromatic heterocycles. The number of ether oxygens (including phenoxy) is 2. The summed E-state index contributed by atoms with van der Waals surface area (Å²) in [6.07, 6.45) is -5.28. The minimum Gasteiger partial charge on any atom is -0.462 e. The van der Waals surface area contributed by atoms with Crippen LogP contribution in [0.4, 0.5) is 18.0 Å². The summed E-state index contributed by atoms with van der Waals surface area (Å²) in [6, 6.07) is 8.32. The van der Waals surface area contributed by atoms with Gasteiger partial charge in [-0.3, -0.25) is 5.32 Å². The average Bonchev–Trinajstić information content (AvgIpc) is 2.46. The van der Waals surface area contributed by atoms with E-state index in [0.29, 0.717) is 5.56 Å². The van der Waals surface area contributed by atoms with Crippen molar-refractivity contribution < 1.29 is 32.2 Å². The van der Waals surface area contributed by atoms with E-state index in [2.05, 4.69) is 9.47 Å². The Labute approximate surface area is 119 Å². The topological polar surface area (TPSA) is 64.6 Å². The maximum absolute atomic E-state index is 13.8. The Morgan fingerprint density at radius 2 is 1.86 bits per heavy atom. The number of hydrogen-bond acceptors (Lipinski definition) is 4. The number of esters is 1. The van der Waals surface area contributed by atoms with E-state index in [4.69, 9.17) is 0 Å². The lowest BCUT2D eigenvalue weighted by Gasteiger charge is -2.22. The standard InChI is InChI=1S/C13H14F3NO4/c1-2-20-11(18)13(16,10(14)15)17-12(19)21-8-9-6-4-3-5-7-9/h3-7,10H,2,8H2,1H3,(H,17,19). The smallest absolute Gasteiger partial charge is 0.410 e. The van der Waals surface area contributed by atoms with E-state index in [1.165, 1.54) is 12.2 Å². The predicted molar refractivity (Wildman–Crippen MR) is 66.2 cm³/mol. The third kappa shape index (κ3) is 4.66. The molecule has 8 heteroatoms. The molecule has 1 rings (SSSR count). The second kappa shape index (κ2) is 7.51. The van der Waals surface area contributed by atoms with Gasteiger partial charge in [-0.25, -0.2) is 22.8 Å². The predicted octanol–water partition coefficient (Wildman–Crippen LogP) is 2.41. The molecule has 0 aliphatic heterocycles. The molecule has 0 heterocycles. The summed E-state index contributed by atoms with van der Waals surface area (Å²) in [4.78, 5) is 22.5. The third-order valence-corrected chi connectivity index (χ3v) is 2.37. The molecule has 21 heavy (non-hydrogen) atoms. The van der Waals surface area contributed by atoms with Crippen molar-refractivity contribution in [3.63, 3.8) is 0 Å². The minimum atomic E-state index is -3.94. The van der Waals surface area contributed by atoms with Gasteiger partial charge >= 0.3 is 24.3 Å². The van der Waals surface area contributed by atoms with E-state index in [9.17, 15) is 22.8 Å². The number of hydrogen-bond donors (Lipinski definition) is 1. The number of carbonyl (C=O) groups excluding carboxylic acids is 2. The molecule has 1 N–H and O–H groups in total. The highest BCUT2D eigenvalue weighted by Gasteiger charge is 2.51. The molecule has 1 atom stereocenters. The van der Waals surface area contributed by atoms with Crippen molar-refractivity contribution in [2.45, 2.75) is 25.7 Å². The van der Waals surface area contributed by atoms with Crippen LogP contribution in [0.25, 0.3) is 0 Å². The lowest BCUT2D eigenvalue weighted by Crippen LogP contribution is -2.57. The van der Waals surface area contributed by atoms with Gasteiger partial charge in [0.15, 0.2) is 0 Å². The minimum absolute atomic E-state index is 0.255. The third-order valence-electron chi connectivity index (χ3n) is 2.37. The van der Waals surface area contributed by atoms with Gasteiger partial charge in [-0.2, -0.15) is 0 Å². The van der Waals surface area contributed by atoms with Gasteiger partial charge in [-0.1, -0.05) is 30.3 Å². The van der Waals surface area contributed by atoms with E-state index in [0.717, 1.165) is 0 Å². The number of rotatable bonds is 6. The van der Waals surface area contributed by atoms with E-state index in [-0.39, 0.29) is 13.2 Å². The molecular weight excluding hydrogens is 291 g/mol. The van der Waals surface area contributed by atoms with Gasteiger partial charge in [0.1, 0.15) is 6.61 Å². The molecule has 0 saturated carbocycles. The van der Waals surface area contributed by atoms with Crippen LogP contribution >= 0.6 is 0 Å². The summed E-state index contributed by atoms with van der Waals surface area (Å²) < 4.78 is 47.8. The number of halogens is 3. The molecule has 0 aliphatic rings. The zero-order valence-corrected chi connectivity index (χ0v) is 11.1. The summed E-state index contributed by atoms with van der Waals surface area (Å²) in [5.74, 6) is -5.82. The maximum Gasteiger partial charge on any atom is 0.410 e. The van der Waals surface area contributed by atoms with Gasteiger partial charge in [-0.05, 0) is 12.5 Å². The molecule has 116 valence electrons. The van der Waals surface area contributed by atoms with E-state index < -0.39 is 24.3 Å². The molecule has 0 fully saturated rings. The molecule has 1 aromatic rings. The number of alkyl carbamates (subject to hydrolysis) is 1. The molecule has 0 radical (unpaired) electrons. The van der Waals surface area contributed by atoms with Crippen LogP contribution < -0.4 is 5.32 Å². The van der Waals surface area contributed by atoms with Crippen LogP contribution in [0.1, 0.15) is 12.5 Å². The van der Waals surface area contributed by atoms with Gasteiger partial charge in [0.2, 0.25) is 0 Å². The molecule has 0 aliphatic carbocycles. The first-order chi connectivity index (χ1) is 9.90. The summed E-state index contributed by atoms with van der Waals surface area (Å²) >= 11 is 0. The highest BCUT2D eigenvalue weighted by molar-refractivity contribution is 5.84. The van der Waals surface area contributed by atoms with Crippen molar-refractivity contribution in [3.05, 3.63) is 35.9 Å². The highest BCUT2D eigenvalue weighted by Crippen LogP contribution is 2.20. The van der Waals surface area contributed by atoms with Crippen molar-refractivity contribution >= 4 is 12.1 Å². The number of nitrogens with one attached hydrogen (secondary N) is 1. The van der Waals surface area contributed by atoms with Crippen molar-refractivity contribution in [1.82, 2.24) is 5.32 Å². The Morgan fingerprint density at radius 3 is 2.38 bits per heavy atom. The molecule has 0 spiro atoms. The first-order valence-corrected chi connectivity index (χ1v) is 6.03. The van der Waals surface area contributed by atoms with Crippen LogP contribution in [-0.2, 0) is 20.9 Å². The summed E-state index contributed by atoms with van der Waals surface area (Å²) in [6.45, 7) is 0.754. The quantitative estimate of drug-likeness (QED) is 0.647. The Bertz CT molecular complexity index is 484. The fourth-order valence-electron chi connectivity index (χ4n) is 1.34. The first kappa shape index (κ1) is 16.8. The maximum atomic E-state index is 13.8. The van der Waals surface area contributed by atoms with E-state index in [1.54, 1.807) is 30.3 Å². The molecular formula is C13H14F3NO4. The van der Waals surface area contributed by atoms with Gasteiger partial charge in [0, 0.05) is 0 Å². The zero-order chi connectivity index (χ0) is 15.9. The van der Waals surface area contributed by atoms with Crippen molar-refractivity contribution in [3.8, 4) is 0 Å². The second-order valence-electron chi connectivity index (χ2n) is 3.92. The molecule has 0 saturated heterocycles. The summed E-state index contributed by atoms with van der Waals surface area (Å²) in [5.41, 5.74) is 0.574. The first-order valence-electron chi connectivity index (χ1n) is 6.03. The molecule has 1 unspecified atom stereocenters. The van der Waals surface area contributed by atoms with Crippen LogP contribution in [0.15, 0.2) is 30.3 Å². The number of carbonyl (C=O) groups is 2. The van der Waals surface area contributed by atoms with Crippen LogP contribution in [-0.4, -0.2) is 30.9 Å². The van der Waals surface area contributed by atoms with Gasteiger partial charge in [-0.15, -0.1) is 0 Å². The lowest BCUT2D eigenvalue weighted by atomic mass is 10.2. The normalized spacial score (nSPS) is 13.4. The monoisotopic (exact) mass is 305 g/mol. The largest absolute Gasteiger partial charge is 0.462 e. The average molecular weight is 305 g/mol. The molecule has 1 amide bonds. The number of benzene rings is 1. The molecule has 1 aromatic carbocycles. The Balaban J connectivity index is 2.63. The molecule has 5 nitrogen and oxygen atoms in total. The van der Waals surface area contributed by atoms with Gasteiger partial charge in [0.25, 0.3) is 0 Å². The fraction of sp³-hybridized carbons (Fsp3) is 0.385. The Kier molecular flexibility index (Phi) is 6.01. The SMILES string of the molecule is CCOC(=O)C(F)(NC(=O)OCc1ccccc1)C(F)F. The lowest BCUT2D eigenvalue weighted by molar-refractivity contribution is -0.172. The van der Waals surface area contributed by atoms with Crippen LogP contribution in [0.2, 0.25) is 0 Å². The summed E-state index contributed by atoms with van der Waals surface area (Å²) in [7, 11) is 0. The Hall–Kier alpha value is -2.25. The van der Waals surface area contributed by atoms with Crippen LogP contribution in [0.5, 0.6) is 0 Å². The van der Waals surface area contributed by atoms with E-state index >= 15 is 0 Å². The number of alkyl halides is 3. The fourth-order valence-corrected chi connectivity index (χ4v) is 1.34. The zero-order valence-electron chi connectivity index (χ0n) is 11.1. The van der Waals surface area contributed by atoms with Crippen LogP contribution in [0.3, 0.4) is 0 Å². The summed E-state index contributed by atoms with van der Waals surface area (Å²) in [5, 5.41) is 1.20.